The van der Waals surface area contributed by atoms with Crippen LogP contribution < -0.4 is 19.5 Å². The van der Waals surface area contributed by atoms with Gasteiger partial charge in [-0.15, -0.1) is 0 Å². The van der Waals surface area contributed by atoms with E-state index in [9.17, 15) is 4.79 Å². The average molecular weight is 377 g/mol. The van der Waals surface area contributed by atoms with E-state index in [1.54, 1.807) is 20.3 Å². The maximum absolute atomic E-state index is 12.4. The van der Waals surface area contributed by atoms with Gasteiger partial charge in [0.2, 0.25) is 5.91 Å². The highest BCUT2D eigenvalue weighted by Gasteiger charge is 2.11. The zero-order chi connectivity index (χ0) is 19.8. The molecule has 0 saturated heterocycles. The third kappa shape index (κ3) is 5.04. The number of methoxy groups -OCH3 is 2. The Hall–Kier alpha value is -3.47. The number of nitrogens with one attached hydrogen (secondary N) is 1. The summed E-state index contributed by atoms with van der Waals surface area (Å²) >= 11 is 0. The van der Waals surface area contributed by atoms with E-state index in [4.69, 9.17) is 14.2 Å². The largest absolute Gasteiger partial charge is 0.497 e. The van der Waals surface area contributed by atoms with Crippen molar-refractivity contribution in [3.8, 4) is 23.0 Å². The lowest BCUT2D eigenvalue weighted by atomic mass is 10.1. The van der Waals surface area contributed by atoms with Crippen molar-refractivity contribution < 1.29 is 19.0 Å². The summed E-state index contributed by atoms with van der Waals surface area (Å²) in [6.45, 7) is 0.375. The minimum Gasteiger partial charge on any atom is -0.497 e. The molecule has 0 atom stereocenters. The topological polar surface area (TPSA) is 56.8 Å². The highest BCUT2D eigenvalue weighted by atomic mass is 16.5. The fraction of sp³-hybridized carbons (Fsp3) is 0.174. The van der Waals surface area contributed by atoms with E-state index in [1.165, 1.54) is 0 Å². The molecule has 0 aliphatic rings. The Labute approximate surface area is 164 Å². The molecular weight excluding hydrogens is 354 g/mol. The second kappa shape index (κ2) is 9.46. The zero-order valence-electron chi connectivity index (χ0n) is 16.0. The van der Waals surface area contributed by atoms with Gasteiger partial charge in [-0.1, -0.05) is 42.5 Å². The lowest BCUT2D eigenvalue weighted by Crippen LogP contribution is -2.25. The van der Waals surface area contributed by atoms with Gasteiger partial charge in [-0.2, -0.15) is 0 Å². The van der Waals surface area contributed by atoms with Gasteiger partial charge in [-0.25, -0.2) is 0 Å². The van der Waals surface area contributed by atoms with Crippen molar-refractivity contribution in [2.24, 2.45) is 0 Å². The van der Waals surface area contributed by atoms with Crippen LogP contribution in [0.5, 0.6) is 23.0 Å². The molecule has 1 N–H and O–H groups in total. The smallest absolute Gasteiger partial charge is 0.224 e. The van der Waals surface area contributed by atoms with Crippen molar-refractivity contribution in [3.63, 3.8) is 0 Å². The molecular formula is C23H23NO4. The Morgan fingerprint density at radius 3 is 2.29 bits per heavy atom. The van der Waals surface area contributed by atoms with Crippen molar-refractivity contribution in [3.05, 3.63) is 83.9 Å². The molecule has 0 unspecified atom stereocenters. The number of carbonyl (C=O) groups is 1. The predicted molar refractivity (Wildman–Crippen MR) is 108 cm³/mol. The van der Waals surface area contributed by atoms with Gasteiger partial charge in [0, 0.05) is 23.7 Å². The first-order valence-electron chi connectivity index (χ1n) is 8.98. The summed E-state index contributed by atoms with van der Waals surface area (Å²) in [4.78, 5) is 12.4. The number of carbonyl (C=O) groups excluding carboxylic acids is 1. The van der Waals surface area contributed by atoms with Crippen LogP contribution in [0, 0.1) is 0 Å². The van der Waals surface area contributed by atoms with E-state index in [0.29, 0.717) is 18.0 Å². The Morgan fingerprint density at radius 2 is 1.54 bits per heavy atom. The summed E-state index contributed by atoms with van der Waals surface area (Å²) in [7, 11) is 3.17. The molecule has 3 aromatic carbocycles. The van der Waals surface area contributed by atoms with E-state index < -0.39 is 0 Å². The third-order valence-corrected chi connectivity index (χ3v) is 4.26. The van der Waals surface area contributed by atoms with E-state index in [0.717, 1.165) is 22.6 Å². The lowest BCUT2D eigenvalue weighted by Gasteiger charge is -2.13. The standard InChI is InChI=1S/C23H23NO4/c1-26-20-13-12-17(22(15-20)27-2)14-23(25)24-16-18-8-6-7-11-21(18)28-19-9-4-3-5-10-19/h3-13,15H,14,16H2,1-2H3,(H,24,25). The van der Waals surface area contributed by atoms with E-state index in [-0.39, 0.29) is 12.3 Å². The van der Waals surface area contributed by atoms with Crippen LogP contribution in [0.3, 0.4) is 0 Å². The molecule has 0 spiro atoms. The molecule has 0 saturated carbocycles. The summed E-state index contributed by atoms with van der Waals surface area (Å²) in [5.41, 5.74) is 1.70. The van der Waals surface area contributed by atoms with Crippen molar-refractivity contribution in [2.45, 2.75) is 13.0 Å². The Balaban J connectivity index is 1.64. The lowest BCUT2D eigenvalue weighted by molar-refractivity contribution is -0.120. The van der Waals surface area contributed by atoms with Crippen LogP contribution in [0.15, 0.2) is 72.8 Å². The molecule has 1 amide bonds. The van der Waals surface area contributed by atoms with Gasteiger partial charge in [0.25, 0.3) is 0 Å². The molecule has 0 aromatic heterocycles. The fourth-order valence-electron chi connectivity index (χ4n) is 2.79. The molecule has 0 bridgehead atoms. The van der Waals surface area contributed by atoms with Gasteiger partial charge < -0.3 is 19.5 Å². The number of hydrogen-bond acceptors (Lipinski definition) is 4. The van der Waals surface area contributed by atoms with Crippen molar-refractivity contribution in [1.29, 1.82) is 0 Å². The van der Waals surface area contributed by atoms with Crippen LogP contribution in [0.4, 0.5) is 0 Å². The molecule has 3 rings (SSSR count). The molecule has 5 heteroatoms. The first-order chi connectivity index (χ1) is 13.7. The van der Waals surface area contributed by atoms with Gasteiger partial charge in [-0.3, -0.25) is 4.79 Å². The van der Waals surface area contributed by atoms with Gasteiger partial charge >= 0.3 is 0 Å². The van der Waals surface area contributed by atoms with Crippen LogP contribution in [-0.4, -0.2) is 20.1 Å². The third-order valence-electron chi connectivity index (χ3n) is 4.26. The molecule has 0 heterocycles. The first kappa shape index (κ1) is 19.3. The van der Waals surface area contributed by atoms with E-state index in [2.05, 4.69) is 5.32 Å². The van der Waals surface area contributed by atoms with Crippen molar-refractivity contribution in [2.75, 3.05) is 14.2 Å². The summed E-state index contributed by atoms with van der Waals surface area (Å²) in [6.07, 6.45) is 0.217. The fourth-order valence-corrected chi connectivity index (χ4v) is 2.79. The number of amides is 1. The normalized spacial score (nSPS) is 10.2. The Morgan fingerprint density at radius 1 is 0.786 bits per heavy atom. The number of para-hydroxylation sites is 2. The number of rotatable bonds is 8. The van der Waals surface area contributed by atoms with Crippen LogP contribution in [-0.2, 0) is 17.8 Å². The number of ether oxygens (including phenoxy) is 3. The molecule has 0 aliphatic heterocycles. The second-order valence-electron chi connectivity index (χ2n) is 6.15. The molecule has 0 fully saturated rings. The Bertz CT molecular complexity index is 925. The van der Waals surface area contributed by atoms with E-state index >= 15 is 0 Å². The van der Waals surface area contributed by atoms with Crippen LogP contribution in [0.25, 0.3) is 0 Å². The second-order valence-corrected chi connectivity index (χ2v) is 6.15. The molecule has 3 aromatic rings. The SMILES string of the molecule is COc1ccc(CC(=O)NCc2ccccc2Oc2ccccc2)c(OC)c1. The van der Waals surface area contributed by atoms with Crippen molar-refractivity contribution >= 4 is 5.91 Å². The maximum atomic E-state index is 12.4. The molecule has 0 aliphatic carbocycles. The average Bonchev–Trinajstić information content (AvgIpc) is 2.74. The maximum Gasteiger partial charge on any atom is 0.224 e. The van der Waals surface area contributed by atoms with Gasteiger partial charge in [-0.05, 0) is 24.3 Å². The van der Waals surface area contributed by atoms with Crippen LogP contribution in [0.2, 0.25) is 0 Å². The van der Waals surface area contributed by atoms with E-state index in [1.807, 2.05) is 66.7 Å². The van der Waals surface area contributed by atoms with Gasteiger partial charge in [0.1, 0.15) is 23.0 Å². The highest BCUT2D eigenvalue weighted by Crippen LogP contribution is 2.26. The monoisotopic (exact) mass is 377 g/mol. The quantitative estimate of drug-likeness (QED) is 0.634. The van der Waals surface area contributed by atoms with Crippen molar-refractivity contribution in [1.82, 2.24) is 5.32 Å². The first-order valence-corrected chi connectivity index (χ1v) is 8.98. The summed E-state index contributed by atoms with van der Waals surface area (Å²) < 4.78 is 16.5. The molecule has 144 valence electrons. The summed E-state index contributed by atoms with van der Waals surface area (Å²) in [5.74, 6) is 2.69. The summed E-state index contributed by atoms with van der Waals surface area (Å²) in [5, 5.41) is 2.95. The van der Waals surface area contributed by atoms with Crippen LogP contribution >= 0.6 is 0 Å². The minimum absolute atomic E-state index is 0.0991. The van der Waals surface area contributed by atoms with Gasteiger partial charge in [0.05, 0.1) is 20.6 Å². The number of benzene rings is 3. The molecule has 5 nitrogen and oxygen atoms in total. The Kier molecular flexibility index (Phi) is 6.52. The zero-order valence-corrected chi connectivity index (χ0v) is 16.0. The predicted octanol–water partition coefficient (Wildman–Crippen LogP) is 4.36. The molecule has 0 radical (unpaired) electrons. The molecule has 28 heavy (non-hydrogen) atoms. The van der Waals surface area contributed by atoms with Gasteiger partial charge in [0.15, 0.2) is 0 Å². The summed E-state index contributed by atoms with van der Waals surface area (Å²) in [6, 6.07) is 22.6. The minimum atomic E-state index is -0.0991. The number of hydrogen-bond donors (Lipinski definition) is 1. The van der Waals surface area contributed by atoms with Crippen LogP contribution in [0.1, 0.15) is 11.1 Å². The highest BCUT2D eigenvalue weighted by molar-refractivity contribution is 5.79.